The summed E-state index contributed by atoms with van der Waals surface area (Å²) in [6.45, 7) is 6.73. The molecular weight excluding hydrogens is 362 g/mol. The van der Waals surface area contributed by atoms with E-state index in [0.717, 1.165) is 13.1 Å². The predicted molar refractivity (Wildman–Crippen MR) is 99.1 cm³/mol. The summed E-state index contributed by atoms with van der Waals surface area (Å²) in [7, 11) is -1.86. The number of piperazine rings is 1. The van der Waals surface area contributed by atoms with Crippen molar-refractivity contribution in [2.45, 2.75) is 31.2 Å². The number of likely N-dealkylation sites (N-methyl/N-ethyl adjacent to an activating group) is 1. The van der Waals surface area contributed by atoms with Gasteiger partial charge in [-0.3, -0.25) is 4.79 Å². The van der Waals surface area contributed by atoms with E-state index in [-0.39, 0.29) is 21.7 Å². The highest BCUT2D eigenvalue weighted by molar-refractivity contribution is 7.89. The quantitative estimate of drug-likeness (QED) is 0.808. The zero-order valence-electron chi connectivity index (χ0n) is 14.9. The summed E-state index contributed by atoms with van der Waals surface area (Å²) in [4.78, 5) is 16.8. The molecule has 0 saturated carbocycles. The first-order valence-corrected chi connectivity index (χ1v) is 10.3. The topological polar surface area (TPSA) is 69.7 Å². The maximum absolute atomic E-state index is 12.9. The van der Waals surface area contributed by atoms with Crippen LogP contribution >= 0.6 is 11.6 Å². The number of halogens is 1. The first-order chi connectivity index (χ1) is 11.7. The van der Waals surface area contributed by atoms with E-state index in [1.54, 1.807) is 17.0 Å². The largest absolute Gasteiger partial charge is 0.339 e. The van der Waals surface area contributed by atoms with Gasteiger partial charge in [-0.15, -0.1) is 0 Å². The zero-order chi connectivity index (χ0) is 18.6. The van der Waals surface area contributed by atoms with Crippen LogP contribution in [0.15, 0.2) is 29.2 Å². The Labute approximate surface area is 155 Å². The highest BCUT2D eigenvalue weighted by Crippen LogP contribution is 2.21. The number of amides is 1. The van der Waals surface area contributed by atoms with Gasteiger partial charge in [0.15, 0.2) is 0 Å². The predicted octanol–water partition coefficient (Wildman–Crippen LogP) is 1.81. The lowest BCUT2D eigenvalue weighted by atomic mass is 10.0. The Hall–Kier alpha value is -1.15. The number of nitrogens with zero attached hydrogens (tertiary/aromatic N) is 2. The lowest BCUT2D eigenvalue weighted by Gasteiger charge is -2.35. The van der Waals surface area contributed by atoms with Gasteiger partial charge < -0.3 is 9.80 Å². The molecule has 0 radical (unpaired) electrons. The van der Waals surface area contributed by atoms with Crippen LogP contribution in [0.3, 0.4) is 0 Å². The number of rotatable bonds is 6. The molecule has 0 aliphatic carbocycles. The minimum atomic E-state index is -3.87. The van der Waals surface area contributed by atoms with Crippen LogP contribution in [0.2, 0.25) is 5.02 Å². The molecule has 1 aromatic carbocycles. The zero-order valence-corrected chi connectivity index (χ0v) is 16.5. The number of sulfonamides is 1. The van der Waals surface area contributed by atoms with E-state index >= 15 is 0 Å². The Bertz CT molecular complexity index is 701. The second-order valence-electron chi connectivity index (χ2n) is 6.86. The van der Waals surface area contributed by atoms with Crippen LogP contribution in [-0.4, -0.2) is 63.4 Å². The van der Waals surface area contributed by atoms with Gasteiger partial charge in [0.1, 0.15) is 10.9 Å². The Morgan fingerprint density at radius 3 is 2.36 bits per heavy atom. The first kappa shape index (κ1) is 20.2. The van der Waals surface area contributed by atoms with Gasteiger partial charge in [0.2, 0.25) is 15.9 Å². The average molecular weight is 388 g/mol. The first-order valence-electron chi connectivity index (χ1n) is 8.45. The molecule has 1 fully saturated rings. The van der Waals surface area contributed by atoms with Gasteiger partial charge in [-0.1, -0.05) is 37.6 Å². The number of carbonyl (C=O) groups excluding carboxylic acids is 1. The SMILES string of the molecule is CC(C)C[C@H](NS(=O)(=O)c1ccccc1Cl)C(=O)N1CCN(C)CC1. The van der Waals surface area contributed by atoms with Crippen LogP contribution in [0, 0.1) is 5.92 Å². The summed E-state index contributed by atoms with van der Waals surface area (Å²) in [6, 6.07) is 5.46. The molecule has 25 heavy (non-hydrogen) atoms. The second-order valence-corrected chi connectivity index (χ2v) is 8.95. The van der Waals surface area contributed by atoms with Gasteiger partial charge in [0.25, 0.3) is 0 Å². The lowest BCUT2D eigenvalue weighted by molar-refractivity contribution is -0.135. The molecule has 1 aliphatic rings. The number of nitrogens with one attached hydrogen (secondary N) is 1. The summed E-state index contributed by atoms with van der Waals surface area (Å²) in [5.41, 5.74) is 0. The van der Waals surface area contributed by atoms with E-state index in [4.69, 9.17) is 11.6 Å². The fourth-order valence-electron chi connectivity index (χ4n) is 2.83. The Morgan fingerprint density at radius 2 is 1.80 bits per heavy atom. The van der Waals surface area contributed by atoms with E-state index in [0.29, 0.717) is 19.5 Å². The van der Waals surface area contributed by atoms with Crippen molar-refractivity contribution >= 4 is 27.5 Å². The van der Waals surface area contributed by atoms with Crippen LogP contribution in [-0.2, 0) is 14.8 Å². The van der Waals surface area contributed by atoms with Crippen molar-refractivity contribution in [2.24, 2.45) is 5.92 Å². The van der Waals surface area contributed by atoms with Gasteiger partial charge in [-0.25, -0.2) is 8.42 Å². The second kappa shape index (κ2) is 8.49. The third-order valence-corrected chi connectivity index (χ3v) is 6.22. The molecular formula is C17H26ClN3O3S. The summed E-state index contributed by atoms with van der Waals surface area (Å²) < 4.78 is 28.0. The van der Waals surface area contributed by atoms with Gasteiger partial charge in [-0.05, 0) is 31.5 Å². The molecule has 0 unspecified atom stereocenters. The molecule has 1 amide bonds. The third kappa shape index (κ3) is 5.41. The van der Waals surface area contributed by atoms with E-state index < -0.39 is 16.1 Å². The van der Waals surface area contributed by atoms with Crippen LogP contribution < -0.4 is 4.72 Å². The normalized spacial score (nSPS) is 17.7. The molecule has 6 nitrogen and oxygen atoms in total. The van der Waals surface area contributed by atoms with Crippen molar-refractivity contribution in [2.75, 3.05) is 33.2 Å². The maximum atomic E-state index is 12.9. The molecule has 0 spiro atoms. The maximum Gasteiger partial charge on any atom is 0.242 e. The molecule has 1 saturated heterocycles. The molecule has 0 aromatic heterocycles. The van der Waals surface area contributed by atoms with E-state index in [1.807, 2.05) is 20.9 Å². The molecule has 1 aliphatic heterocycles. The van der Waals surface area contributed by atoms with E-state index in [1.165, 1.54) is 12.1 Å². The van der Waals surface area contributed by atoms with Gasteiger partial charge >= 0.3 is 0 Å². The molecule has 140 valence electrons. The van der Waals surface area contributed by atoms with E-state index in [9.17, 15) is 13.2 Å². The van der Waals surface area contributed by atoms with Crippen molar-refractivity contribution in [3.05, 3.63) is 29.3 Å². The van der Waals surface area contributed by atoms with E-state index in [2.05, 4.69) is 9.62 Å². The van der Waals surface area contributed by atoms with Crippen molar-refractivity contribution in [3.8, 4) is 0 Å². The molecule has 1 heterocycles. The van der Waals surface area contributed by atoms with Crippen molar-refractivity contribution < 1.29 is 13.2 Å². The Morgan fingerprint density at radius 1 is 1.20 bits per heavy atom. The summed E-state index contributed by atoms with van der Waals surface area (Å²) in [5.74, 6) is 0.00721. The molecule has 1 atom stereocenters. The Balaban J connectivity index is 2.20. The number of benzene rings is 1. The summed E-state index contributed by atoms with van der Waals surface area (Å²) in [5, 5.41) is 0.144. The fourth-order valence-corrected chi connectivity index (χ4v) is 4.55. The molecule has 2 rings (SSSR count). The van der Waals surface area contributed by atoms with Gasteiger partial charge in [-0.2, -0.15) is 4.72 Å². The Kier molecular flexibility index (Phi) is 6.85. The van der Waals surface area contributed by atoms with Crippen molar-refractivity contribution in [3.63, 3.8) is 0 Å². The van der Waals surface area contributed by atoms with Crippen LogP contribution in [0.4, 0.5) is 0 Å². The standard InChI is InChI=1S/C17H26ClN3O3S/c1-13(2)12-15(17(22)21-10-8-20(3)9-11-21)19-25(23,24)16-7-5-4-6-14(16)18/h4-7,13,15,19H,8-12H2,1-3H3/t15-/m0/s1. The monoisotopic (exact) mass is 387 g/mol. The minimum Gasteiger partial charge on any atom is -0.339 e. The van der Waals surface area contributed by atoms with Crippen LogP contribution in [0.1, 0.15) is 20.3 Å². The highest BCUT2D eigenvalue weighted by Gasteiger charge is 2.31. The summed E-state index contributed by atoms with van der Waals surface area (Å²) in [6.07, 6.45) is 0.439. The van der Waals surface area contributed by atoms with Gasteiger partial charge in [0.05, 0.1) is 5.02 Å². The fraction of sp³-hybridized carbons (Fsp3) is 0.588. The average Bonchev–Trinajstić information content (AvgIpc) is 2.54. The number of carbonyl (C=O) groups is 1. The third-order valence-electron chi connectivity index (χ3n) is 4.24. The molecule has 1 N–H and O–H groups in total. The van der Waals surface area contributed by atoms with Gasteiger partial charge in [0, 0.05) is 26.2 Å². The number of hydrogen-bond acceptors (Lipinski definition) is 4. The molecule has 1 aromatic rings. The minimum absolute atomic E-state index is 0.00315. The lowest BCUT2D eigenvalue weighted by Crippen LogP contribution is -2.54. The smallest absolute Gasteiger partial charge is 0.242 e. The summed E-state index contributed by atoms with van der Waals surface area (Å²) >= 11 is 6.02. The molecule has 0 bridgehead atoms. The van der Waals surface area contributed by atoms with Crippen molar-refractivity contribution in [1.82, 2.24) is 14.5 Å². The van der Waals surface area contributed by atoms with Crippen LogP contribution in [0.5, 0.6) is 0 Å². The number of hydrogen-bond donors (Lipinski definition) is 1. The van der Waals surface area contributed by atoms with Crippen molar-refractivity contribution in [1.29, 1.82) is 0 Å². The highest BCUT2D eigenvalue weighted by atomic mass is 35.5. The van der Waals surface area contributed by atoms with Crippen LogP contribution in [0.25, 0.3) is 0 Å². The molecule has 8 heteroatoms.